The summed E-state index contributed by atoms with van der Waals surface area (Å²) in [6, 6.07) is 1.57. The molecule has 32 heteroatoms. The molecule has 6 aliphatic rings. The second-order valence-electron chi connectivity index (χ2n) is 24.3. The number of amides is 3. The lowest BCUT2D eigenvalue weighted by atomic mass is 9.90. The largest absolute Gasteiger partial charge is 0.494 e. The fourth-order valence-electron chi connectivity index (χ4n) is 12.0. The van der Waals surface area contributed by atoms with E-state index in [0.29, 0.717) is 12.4 Å². The lowest BCUT2D eigenvalue weighted by molar-refractivity contribution is -0.375. The average Bonchev–Trinajstić information content (AvgIpc) is 0.788. The van der Waals surface area contributed by atoms with Gasteiger partial charge in [-0.25, -0.2) is 0 Å². The number of nitrogens with one attached hydrogen (secondary N) is 3. The first kappa shape index (κ1) is 75.5. The summed E-state index contributed by atoms with van der Waals surface area (Å²) in [5, 5.41) is 162. The van der Waals surface area contributed by atoms with Crippen LogP contribution in [-0.4, -0.2) is 301 Å². The Morgan fingerprint density at radius 2 is 0.978 bits per heavy atom. The normalized spacial score (nSPS) is 41.9. The van der Waals surface area contributed by atoms with Gasteiger partial charge in [0.15, 0.2) is 37.7 Å². The Bertz CT molecular complexity index is 2460. The van der Waals surface area contributed by atoms with Crippen LogP contribution in [0, 0.1) is 11.8 Å². The number of allylic oxidation sites excluding steroid dienone is 2. The predicted octanol–water partition coefficient (Wildman–Crippen LogP) is -5.11. The Kier molecular flexibility index (Phi) is 29.1. The van der Waals surface area contributed by atoms with Crippen molar-refractivity contribution in [1.29, 1.82) is 0 Å². The van der Waals surface area contributed by atoms with Crippen molar-refractivity contribution in [2.24, 2.45) is 11.8 Å². The van der Waals surface area contributed by atoms with Crippen LogP contribution in [-0.2, 0) is 61.7 Å². The first-order chi connectivity index (χ1) is 43.9. The molecular weight excluding hydrogens is 1230 g/mol. The summed E-state index contributed by atoms with van der Waals surface area (Å²) >= 11 is 0. The van der Waals surface area contributed by atoms with Gasteiger partial charge in [-0.2, -0.15) is 0 Å². The minimum Gasteiger partial charge on any atom is -0.494 e. The van der Waals surface area contributed by atoms with Gasteiger partial charge in [0, 0.05) is 31.2 Å². The molecular formula is C60H97N3O29. The highest BCUT2D eigenvalue weighted by molar-refractivity contribution is 5.94. The van der Waals surface area contributed by atoms with Crippen molar-refractivity contribution >= 4 is 17.7 Å². The van der Waals surface area contributed by atoms with Crippen LogP contribution in [0.5, 0.6) is 5.75 Å². The van der Waals surface area contributed by atoms with Crippen molar-refractivity contribution in [3.8, 4) is 5.75 Å². The number of aliphatic hydroxyl groups is 14. The van der Waals surface area contributed by atoms with Crippen molar-refractivity contribution in [1.82, 2.24) is 16.0 Å². The number of hydrogen-bond acceptors (Lipinski definition) is 29. The third kappa shape index (κ3) is 18.6. The SMILES string of the molecule is CCCCCC/C=C\CCCOc1cccc(C(=O)NC2[C@H](O[C@H]3C(O)C(C)[C@@H](O[C@H]4C(CO)O[C@@H](O[C@H]5C(O)C(C)[C@@H](O[C@H]6C(CO[C@H]7OC(C)[C@@H](O)C(O)[C@@H]7O)OC(O)C(NC(C)=O)[C@H]6O)O[C@@H]5CO)C(NC(C)=O)[C@H]4O)O[C@@H]3CO)OC(CO)[C@H](O)[C@@H]2O)c1. The average molecular weight is 1320 g/mol. The second-order valence-corrected chi connectivity index (χ2v) is 24.3. The van der Waals surface area contributed by atoms with Crippen molar-refractivity contribution in [3.05, 3.63) is 42.0 Å². The molecule has 0 aliphatic carbocycles. The lowest BCUT2D eigenvalue weighted by Crippen LogP contribution is -2.69. The predicted molar refractivity (Wildman–Crippen MR) is 312 cm³/mol. The molecule has 7 rings (SSSR count). The fourth-order valence-corrected chi connectivity index (χ4v) is 12.0. The summed E-state index contributed by atoms with van der Waals surface area (Å²) in [5.74, 6) is -4.11. The summed E-state index contributed by atoms with van der Waals surface area (Å²) in [5.41, 5.74) is 0.103. The highest BCUT2D eigenvalue weighted by Crippen LogP contribution is 2.39. The van der Waals surface area contributed by atoms with E-state index < -0.39 is 234 Å². The van der Waals surface area contributed by atoms with Gasteiger partial charge in [0.1, 0.15) is 122 Å². The van der Waals surface area contributed by atoms with E-state index in [1.54, 1.807) is 12.1 Å². The van der Waals surface area contributed by atoms with Gasteiger partial charge >= 0.3 is 0 Å². The topological polar surface area (TPSA) is 481 Å². The molecule has 6 saturated heterocycles. The monoisotopic (exact) mass is 1320 g/mol. The number of ether oxygens (including phenoxy) is 12. The van der Waals surface area contributed by atoms with E-state index in [9.17, 15) is 85.9 Å². The number of carbonyl (C=O) groups is 3. The molecule has 92 heavy (non-hydrogen) atoms. The minimum absolute atomic E-state index is 0.103. The van der Waals surface area contributed by atoms with Gasteiger partial charge in [0.2, 0.25) is 11.8 Å². The van der Waals surface area contributed by atoms with E-state index in [0.717, 1.165) is 39.5 Å². The van der Waals surface area contributed by atoms with Gasteiger partial charge in [0.25, 0.3) is 5.91 Å². The van der Waals surface area contributed by atoms with E-state index in [1.807, 2.05) is 0 Å². The zero-order chi connectivity index (χ0) is 67.2. The highest BCUT2D eigenvalue weighted by Gasteiger charge is 2.57. The summed E-state index contributed by atoms with van der Waals surface area (Å²) in [6.07, 6.45) is -28.9. The molecule has 526 valence electrons. The Balaban J connectivity index is 1.00. The minimum atomic E-state index is -1.88. The van der Waals surface area contributed by atoms with Gasteiger partial charge in [-0.1, -0.05) is 58.3 Å². The summed E-state index contributed by atoms with van der Waals surface area (Å²) in [7, 11) is 0. The lowest BCUT2D eigenvalue weighted by Gasteiger charge is -2.51. The maximum absolute atomic E-state index is 13.8. The van der Waals surface area contributed by atoms with Crippen LogP contribution < -0.4 is 20.7 Å². The third-order valence-electron chi connectivity index (χ3n) is 17.5. The first-order valence-electron chi connectivity index (χ1n) is 31.5. The molecule has 3 amide bonds. The Hall–Kier alpha value is -3.83. The zero-order valence-electron chi connectivity index (χ0n) is 52.4. The molecule has 1 aromatic rings. The molecule has 0 saturated carbocycles. The van der Waals surface area contributed by atoms with Crippen LogP contribution in [0.25, 0.3) is 0 Å². The first-order valence-corrected chi connectivity index (χ1v) is 31.5. The van der Waals surface area contributed by atoms with Crippen LogP contribution in [0.4, 0.5) is 0 Å². The molecule has 0 spiro atoms. The second kappa shape index (κ2) is 35.4. The quantitative estimate of drug-likeness (QED) is 0.0263. The van der Waals surface area contributed by atoms with Crippen molar-refractivity contribution in [2.45, 2.75) is 258 Å². The van der Waals surface area contributed by atoms with Crippen LogP contribution in [0.15, 0.2) is 36.4 Å². The number of aliphatic hydroxyl groups excluding tert-OH is 14. The molecule has 0 bridgehead atoms. The molecule has 30 atom stereocenters. The van der Waals surface area contributed by atoms with E-state index in [2.05, 4.69) is 35.0 Å². The molecule has 6 aliphatic heterocycles. The number of carbonyl (C=O) groups excluding carboxylic acids is 3. The summed E-state index contributed by atoms with van der Waals surface area (Å²) in [6.45, 7) is 4.89. The molecule has 32 nitrogen and oxygen atoms in total. The van der Waals surface area contributed by atoms with E-state index >= 15 is 0 Å². The third-order valence-corrected chi connectivity index (χ3v) is 17.5. The van der Waals surface area contributed by atoms with Crippen LogP contribution in [0.3, 0.4) is 0 Å². The molecule has 0 radical (unpaired) electrons. The van der Waals surface area contributed by atoms with E-state index in [-0.39, 0.29) is 5.56 Å². The Morgan fingerprint density at radius 3 is 1.53 bits per heavy atom. The van der Waals surface area contributed by atoms with Gasteiger partial charge in [0.05, 0.1) is 58.0 Å². The van der Waals surface area contributed by atoms with Crippen molar-refractivity contribution < 1.29 is 143 Å². The molecule has 17 N–H and O–H groups in total. The summed E-state index contributed by atoms with van der Waals surface area (Å²) in [4.78, 5) is 38.8. The zero-order valence-corrected chi connectivity index (χ0v) is 52.4. The fraction of sp³-hybridized carbons (Fsp3) is 0.817. The molecule has 13 unspecified atom stereocenters. The standard InChI is InChI=1S/C60H97N3O29/c1-7-8-9-10-11-12-13-14-15-19-81-32-18-16-17-31(20-32)54(79)63-39-45(74)44(73)33(21-64)85-58(39)91-50-34(22-65)86-56(26(2)41(50)70)89-52-36(24-67)88-59(40(47(52)76)62-30(6)69)92-51-35(23-66)87-57(27(3)42(51)71)90-53-37(84-55(80)38(46(53)75)61-29(5)68)25-82-60-49(78)48(77)43(72)28(4)83-60/h12-13,16-18,20,26-28,33-53,55-60,64-67,70-78,80H,7-11,14-15,19,21-25H2,1-6H3,(H,61,68)(H,62,69)(H,63,79)/b13-12-/t26?,27?,28?,33?,34-,35-,36?,37?,38?,39?,40?,41?,42?,43-,44+,45-,46-,47-,48?,49+,50-,51-,52+,53+,55?,56-,57-,58+,59+,60+/m1/s1. The van der Waals surface area contributed by atoms with Gasteiger partial charge in [-0.05, 0) is 50.8 Å². The van der Waals surface area contributed by atoms with Crippen molar-refractivity contribution in [2.75, 3.05) is 39.6 Å². The highest BCUT2D eigenvalue weighted by atomic mass is 16.8. The van der Waals surface area contributed by atoms with E-state index in [4.69, 9.17) is 56.8 Å². The van der Waals surface area contributed by atoms with Gasteiger partial charge in [-0.3, -0.25) is 14.4 Å². The molecule has 0 aromatic heterocycles. The molecule has 1 aromatic carbocycles. The smallest absolute Gasteiger partial charge is 0.251 e. The van der Waals surface area contributed by atoms with Gasteiger partial charge in [-0.15, -0.1) is 0 Å². The van der Waals surface area contributed by atoms with Crippen LogP contribution in [0.1, 0.15) is 96.8 Å². The maximum Gasteiger partial charge on any atom is 0.251 e. The van der Waals surface area contributed by atoms with Gasteiger partial charge < -0.3 is 144 Å². The number of rotatable bonds is 29. The number of hydrogen-bond donors (Lipinski definition) is 17. The van der Waals surface area contributed by atoms with Crippen LogP contribution >= 0.6 is 0 Å². The Labute approximate surface area is 532 Å². The molecule has 6 heterocycles. The molecule has 6 fully saturated rings. The number of benzene rings is 1. The van der Waals surface area contributed by atoms with Crippen molar-refractivity contribution in [3.63, 3.8) is 0 Å². The Morgan fingerprint density at radius 1 is 0.489 bits per heavy atom. The maximum atomic E-state index is 13.8. The van der Waals surface area contributed by atoms with E-state index in [1.165, 1.54) is 52.2 Å². The summed E-state index contributed by atoms with van der Waals surface area (Å²) < 4.78 is 72.0. The van der Waals surface area contributed by atoms with Crippen LogP contribution in [0.2, 0.25) is 0 Å². The number of unbranched alkanes of at least 4 members (excludes halogenated alkanes) is 5.